The minimum Gasteiger partial charge on any atom is -0.489 e. The largest absolute Gasteiger partial charge is 0.489 e. The zero-order chi connectivity index (χ0) is 14.2. The molecule has 0 saturated carbocycles. The molecule has 0 unspecified atom stereocenters. The van der Waals surface area contributed by atoms with Crippen molar-refractivity contribution in [2.24, 2.45) is 5.10 Å². The third-order valence-electron chi connectivity index (χ3n) is 2.55. The number of carbonyl (C=O) groups is 1. The van der Waals surface area contributed by atoms with E-state index in [1.54, 1.807) is 24.3 Å². The van der Waals surface area contributed by atoms with Crippen LogP contribution in [0.5, 0.6) is 5.75 Å². The predicted molar refractivity (Wildman–Crippen MR) is 72.8 cm³/mol. The molecule has 100 valence electrons. The number of nitrogens with zero attached hydrogens (tertiary/aromatic N) is 1. The van der Waals surface area contributed by atoms with Gasteiger partial charge in [-0.05, 0) is 23.8 Å². The summed E-state index contributed by atoms with van der Waals surface area (Å²) >= 11 is 0. The molecule has 0 heterocycles. The molecule has 0 atom stereocenters. The van der Waals surface area contributed by atoms with Crippen LogP contribution in [0.25, 0.3) is 0 Å². The summed E-state index contributed by atoms with van der Waals surface area (Å²) in [5, 5.41) is 3.03. The number of carbonyl (C=O) groups excluding carboxylic acids is 2. The van der Waals surface area contributed by atoms with Gasteiger partial charge in [-0.1, -0.05) is 41.5 Å². The van der Waals surface area contributed by atoms with E-state index in [1.807, 2.05) is 30.3 Å². The molecule has 2 rings (SSSR count). The number of hydrazone groups is 1. The lowest BCUT2D eigenvalue weighted by molar-refractivity contribution is 0.0954. The van der Waals surface area contributed by atoms with Crippen LogP contribution in [0.2, 0.25) is 0 Å². The highest BCUT2D eigenvalue weighted by Crippen LogP contribution is 2.15. The van der Waals surface area contributed by atoms with Crippen LogP contribution in [0.4, 0.5) is 0 Å². The first-order chi connectivity index (χ1) is 9.79. The van der Waals surface area contributed by atoms with Gasteiger partial charge in [-0.3, -0.25) is 4.79 Å². The Balaban J connectivity index is 2.02. The summed E-state index contributed by atoms with van der Waals surface area (Å²) in [6.45, 7) is 0.415. The van der Waals surface area contributed by atoms with Crippen molar-refractivity contribution in [3.63, 3.8) is 0 Å². The maximum absolute atomic E-state index is 11.6. The van der Waals surface area contributed by atoms with E-state index in [4.69, 9.17) is 4.74 Å². The van der Waals surface area contributed by atoms with Crippen LogP contribution in [0, 0.1) is 0 Å². The molecule has 1 N–H and O–H groups in total. The first-order valence-corrected chi connectivity index (χ1v) is 5.93. The first-order valence-electron chi connectivity index (χ1n) is 5.93. The highest BCUT2D eigenvalue weighted by atomic mass is 16.5. The molecule has 5 nitrogen and oxygen atoms in total. The van der Waals surface area contributed by atoms with Gasteiger partial charge in [0.05, 0.1) is 0 Å². The van der Waals surface area contributed by atoms with Gasteiger partial charge >= 0.3 is 0 Å². The fraction of sp³-hybridized carbons (Fsp3) is 0.0667. The molecule has 2 aromatic carbocycles. The molecule has 0 spiro atoms. The van der Waals surface area contributed by atoms with Crippen molar-refractivity contribution in [1.82, 2.24) is 5.43 Å². The number of nitrogens with one attached hydrogen (secondary N) is 1. The standard InChI is InChI=1S/C15H12N2O3/c18-11-16-17-15(19)13-7-4-8-14(9-13)20-10-12-5-2-1-3-6-12/h1-9H,10H2,(H,17,19). The summed E-state index contributed by atoms with van der Waals surface area (Å²) in [4.78, 5) is 21.5. The van der Waals surface area contributed by atoms with Crippen molar-refractivity contribution in [1.29, 1.82) is 0 Å². The molecule has 0 aromatic heterocycles. The van der Waals surface area contributed by atoms with Crippen LogP contribution in [0.3, 0.4) is 0 Å². The van der Waals surface area contributed by atoms with E-state index in [0.717, 1.165) is 5.56 Å². The Labute approximate surface area is 115 Å². The van der Waals surface area contributed by atoms with E-state index in [9.17, 15) is 9.59 Å². The first kappa shape index (κ1) is 13.5. The minimum atomic E-state index is -0.487. The van der Waals surface area contributed by atoms with Crippen LogP contribution in [-0.2, 0) is 11.4 Å². The number of hydrogen-bond donors (Lipinski definition) is 1. The van der Waals surface area contributed by atoms with Crippen LogP contribution in [0.15, 0.2) is 59.7 Å². The van der Waals surface area contributed by atoms with Gasteiger partial charge in [0.25, 0.3) is 12.0 Å². The fourth-order valence-corrected chi connectivity index (χ4v) is 1.61. The van der Waals surface area contributed by atoms with Gasteiger partial charge in [-0.25, -0.2) is 10.2 Å². The van der Waals surface area contributed by atoms with Crippen molar-refractivity contribution in [2.45, 2.75) is 6.61 Å². The van der Waals surface area contributed by atoms with Crippen LogP contribution in [-0.4, -0.2) is 12.0 Å². The summed E-state index contributed by atoms with van der Waals surface area (Å²) in [7, 11) is 0. The molecular formula is C15H12N2O3. The van der Waals surface area contributed by atoms with Crippen molar-refractivity contribution >= 4 is 12.0 Å². The topological polar surface area (TPSA) is 67.8 Å². The van der Waals surface area contributed by atoms with E-state index in [-0.39, 0.29) is 0 Å². The maximum Gasteiger partial charge on any atom is 0.272 e. The highest BCUT2D eigenvalue weighted by Gasteiger charge is 2.05. The molecule has 0 aliphatic heterocycles. The molecule has 0 aliphatic carbocycles. The molecule has 0 radical (unpaired) electrons. The van der Waals surface area contributed by atoms with Crippen molar-refractivity contribution in [2.75, 3.05) is 0 Å². The Morgan fingerprint density at radius 3 is 2.70 bits per heavy atom. The molecule has 0 saturated heterocycles. The second-order valence-electron chi connectivity index (χ2n) is 3.95. The Morgan fingerprint density at radius 1 is 1.15 bits per heavy atom. The van der Waals surface area contributed by atoms with Crippen molar-refractivity contribution in [3.8, 4) is 5.75 Å². The Kier molecular flexibility index (Phi) is 4.65. The number of amides is 1. The summed E-state index contributed by atoms with van der Waals surface area (Å²) in [5.41, 5.74) is 3.45. The van der Waals surface area contributed by atoms with Gasteiger partial charge in [0.1, 0.15) is 12.4 Å². The van der Waals surface area contributed by atoms with E-state index in [0.29, 0.717) is 17.9 Å². The average molecular weight is 268 g/mol. The Bertz CT molecular complexity index is 635. The lowest BCUT2D eigenvalue weighted by atomic mass is 10.2. The summed E-state index contributed by atoms with van der Waals surface area (Å²) in [6.07, 6.45) is 1.24. The third-order valence-corrected chi connectivity index (χ3v) is 2.55. The monoisotopic (exact) mass is 268 g/mol. The summed E-state index contributed by atoms with van der Waals surface area (Å²) in [5.74, 6) is 0.0788. The van der Waals surface area contributed by atoms with Crippen LogP contribution >= 0.6 is 0 Å². The van der Waals surface area contributed by atoms with E-state index in [2.05, 4.69) is 10.5 Å². The van der Waals surface area contributed by atoms with Crippen molar-refractivity contribution in [3.05, 3.63) is 65.7 Å². The number of hydrogen-bond acceptors (Lipinski definition) is 4. The predicted octanol–water partition coefficient (Wildman–Crippen LogP) is 2.25. The molecule has 5 heteroatoms. The molecule has 0 bridgehead atoms. The lowest BCUT2D eigenvalue weighted by Crippen LogP contribution is -2.16. The van der Waals surface area contributed by atoms with Gasteiger partial charge in [-0.2, -0.15) is 0 Å². The minimum absolute atomic E-state index is 0.356. The maximum atomic E-state index is 11.6. The quantitative estimate of drug-likeness (QED) is 0.513. The van der Waals surface area contributed by atoms with Gasteiger partial charge in [0, 0.05) is 5.56 Å². The fourth-order valence-electron chi connectivity index (χ4n) is 1.61. The Hall–Kier alpha value is -2.91. The molecule has 0 aliphatic rings. The van der Waals surface area contributed by atoms with Crippen LogP contribution < -0.4 is 10.2 Å². The van der Waals surface area contributed by atoms with E-state index in [1.165, 1.54) is 6.08 Å². The van der Waals surface area contributed by atoms with Crippen LogP contribution in [0.1, 0.15) is 15.9 Å². The zero-order valence-electron chi connectivity index (χ0n) is 10.6. The molecule has 20 heavy (non-hydrogen) atoms. The normalized spacial score (nSPS) is 9.40. The number of rotatable bonds is 5. The summed E-state index contributed by atoms with van der Waals surface area (Å²) in [6, 6.07) is 16.3. The molecular weight excluding hydrogens is 256 g/mol. The molecule has 2 aromatic rings. The lowest BCUT2D eigenvalue weighted by Gasteiger charge is -2.07. The second-order valence-corrected chi connectivity index (χ2v) is 3.95. The number of isocyanates is 1. The average Bonchev–Trinajstić information content (AvgIpc) is 2.52. The van der Waals surface area contributed by atoms with Crippen molar-refractivity contribution < 1.29 is 14.3 Å². The number of ether oxygens (including phenoxy) is 1. The Morgan fingerprint density at radius 2 is 1.95 bits per heavy atom. The second kappa shape index (κ2) is 6.87. The van der Waals surface area contributed by atoms with E-state index >= 15 is 0 Å². The third kappa shape index (κ3) is 3.80. The SMILES string of the molecule is O=C=NNC(=O)c1cccc(OCc2ccccc2)c1. The highest BCUT2D eigenvalue weighted by molar-refractivity contribution is 5.94. The summed E-state index contributed by atoms with van der Waals surface area (Å²) < 4.78 is 5.60. The smallest absolute Gasteiger partial charge is 0.272 e. The van der Waals surface area contributed by atoms with Gasteiger partial charge in [-0.15, -0.1) is 0 Å². The van der Waals surface area contributed by atoms with Gasteiger partial charge < -0.3 is 4.74 Å². The van der Waals surface area contributed by atoms with Gasteiger partial charge in [0.15, 0.2) is 0 Å². The molecule has 0 fully saturated rings. The zero-order valence-corrected chi connectivity index (χ0v) is 10.6. The molecule has 1 amide bonds. The van der Waals surface area contributed by atoms with E-state index < -0.39 is 5.91 Å². The number of benzene rings is 2. The van der Waals surface area contributed by atoms with Gasteiger partial charge in [0.2, 0.25) is 0 Å².